The molecule has 1 fully saturated rings. The van der Waals surface area contributed by atoms with E-state index in [9.17, 15) is 0 Å². The zero-order valence-electron chi connectivity index (χ0n) is 15.2. The Labute approximate surface area is 148 Å². The van der Waals surface area contributed by atoms with E-state index in [0.717, 1.165) is 61.7 Å². The van der Waals surface area contributed by atoms with E-state index in [-0.39, 0.29) is 6.61 Å². The first kappa shape index (κ1) is 17.7. The summed E-state index contributed by atoms with van der Waals surface area (Å²) in [5.41, 5.74) is 0.864. The molecular formula is C18H26N4O3. The number of fused-ring (bicyclic) bond motifs is 1. The van der Waals surface area contributed by atoms with Gasteiger partial charge in [-0.2, -0.15) is 0 Å². The number of hydrogen-bond acceptors (Lipinski definition) is 7. The molecule has 1 aliphatic rings. The molecule has 1 aliphatic heterocycles. The summed E-state index contributed by atoms with van der Waals surface area (Å²) in [6.45, 7) is 6.86. The molecule has 25 heavy (non-hydrogen) atoms. The quantitative estimate of drug-likeness (QED) is 0.849. The molecule has 0 saturated carbocycles. The Hall–Kier alpha value is -2.12. The zero-order chi connectivity index (χ0) is 17.8. The van der Waals surface area contributed by atoms with Crippen LogP contribution >= 0.6 is 0 Å². The molecule has 1 aromatic heterocycles. The lowest BCUT2D eigenvalue weighted by Gasteiger charge is -2.35. The number of aryl methyl sites for hydroxylation is 1. The SMILES string of the molecule is COc1cc2nc(C)nc(N3CCN(CCCO)CC3)c2cc1OC. The summed E-state index contributed by atoms with van der Waals surface area (Å²) >= 11 is 0. The van der Waals surface area contributed by atoms with Gasteiger partial charge in [0.2, 0.25) is 0 Å². The van der Waals surface area contributed by atoms with Crippen molar-refractivity contribution in [2.45, 2.75) is 13.3 Å². The minimum Gasteiger partial charge on any atom is -0.493 e. The van der Waals surface area contributed by atoms with Crippen molar-refractivity contribution in [1.29, 1.82) is 0 Å². The third-order valence-electron chi connectivity index (χ3n) is 4.60. The summed E-state index contributed by atoms with van der Waals surface area (Å²) in [5.74, 6) is 3.06. The van der Waals surface area contributed by atoms with E-state index in [4.69, 9.17) is 19.6 Å². The highest BCUT2D eigenvalue weighted by atomic mass is 16.5. The molecule has 0 amide bonds. The Bertz CT molecular complexity index is 730. The van der Waals surface area contributed by atoms with Crippen molar-refractivity contribution >= 4 is 16.7 Å². The molecular weight excluding hydrogens is 320 g/mol. The van der Waals surface area contributed by atoms with Gasteiger partial charge in [-0.1, -0.05) is 0 Å². The molecule has 0 bridgehead atoms. The van der Waals surface area contributed by atoms with Gasteiger partial charge in [0.25, 0.3) is 0 Å². The van der Waals surface area contributed by atoms with Crippen LogP contribution in [0.15, 0.2) is 12.1 Å². The standard InChI is InChI=1S/C18H26N4O3/c1-13-19-15-12-17(25-3)16(24-2)11-14(15)18(20-13)22-8-6-21(7-9-22)5-4-10-23/h11-12,23H,4-10H2,1-3H3. The normalized spacial score (nSPS) is 15.6. The van der Waals surface area contributed by atoms with Gasteiger partial charge < -0.3 is 19.5 Å². The summed E-state index contributed by atoms with van der Waals surface area (Å²) in [5, 5.41) is 9.97. The van der Waals surface area contributed by atoms with Crippen LogP contribution in [-0.2, 0) is 0 Å². The lowest BCUT2D eigenvalue weighted by molar-refractivity contribution is 0.216. The van der Waals surface area contributed by atoms with Crippen LogP contribution in [0.5, 0.6) is 11.5 Å². The average molecular weight is 346 g/mol. The number of ether oxygens (including phenoxy) is 2. The van der Waals surface area contributed by atoms with Crippen molar-refractivity contribution in [3.8, 4) is 11.5 Å². The predicted octanol–water partition coefficient (Wildman–Crippen LogP) is 1.46. The summed E-state index contributed by atoms with van der Waals surface area (Å²) in [4.78, 5) is 13.9. The van der Waals surface area contributed by atoms with Crippen LogP contribution in [0.4, 0.5) is 5.82 Å². The lowest BCUT2D eigenvalue weighted by Crippen LogP contribution is -2.47. The van der Waals surface area contributed by atoms with Crippen LogP contribution < -0.4 is 14.4 Å². The second-order valence-corrected chi connectivity index (χ2v) is 6.22. The van der Waals surface area contributed by atoms with Gasteiger partial charge in [0.1, 0.15) is 11.6 Å². The number of methoxy groups -OCH3 is 2. The Morgan fingerprint density at radius 3 is 2.36 bits per heavy atom. The van der Waals surface area contributed by atoms with Gasteiger partial charge in [-0.3, -0.25) is 4.90 Å². The van der Waals surface area contributed by atoms with Gasteiger partial charge in [-0.05, 0) is 19.4 Å². The number of aliphatic hydroxyl groups is 1. The van der Waals surface area contributed by atoms with Gasteiger partial charge in [0.05, 0.1) is 19.7 Å². The van der Waals surface area contributed by atoms with Crippen molar-refractivity contribution in [3.63, 3.8) is 0 Å². The molecule has 1 N–H and O–H groups in total. The van der Waals surface area contributed by atoms with Gasteiger partial charge in [0.15, 0.2) is 11.5 Å². The molecule has 0 unspecified atom stereocenters. The predicted molar refractivity (Wildman–Crippen MR) is 97.7 cm³/mol. The van der Waals surface area contributed by atoms with Crippen molar-refractivity contribution in [3.05, 3.63) is 18.0 Å². The third kappa shape index (κ3) is 3.77. The van der Waals surface area contributed by atoms with Crippen LogP contribution in [0.2, 0.25) is 0 Å². The molecule has 7 nitrogen and oxygen atoms in total. The molecule has 1 saturated heterocycles. The highest BCUT2D eigenvalue weighted by Crippen LogP contribution is 2.35. The summed E-state index contributed by atoms with van der Waals surface area (Å²) in [6, 6.07) is 3.87. The number of anilines is 1. The molecule has 3 rings (SSSR count). The molecule has 2 heterocycles. The molecule has 1 aromatic carbocycles. The molecule has 0 spiro atoms. The highest BCUT2D eigenvalue weighted by Gasteiger charge is 2.21. The molecule has 136 valence electrons. The number of piperazine rings is 1. The van der Waals surface area contributed by atoms with Crippen molar-refractivity contribution in [2.24, 2.45) is 0 Å². The second-order valence-electron chi connectivity index (χ2n) is 6.22. The number of hydrogen-bond donors (Lipinski definition) is 1. The van der Waals surface area contributed by atoms with E-state index >= 15 is 0 Å². The number of nitrogens with zero attached hydrogens (tertiary/aromatic N) is 4. The maximum Gasteiger partial charge on any atom is 0.162 e. The van der Waals surface area contributed by atoms with Gasteiger partial charge >= 0.3 is 0 Å². The van der Waals surface area contributed by atoms with E-state index in [1.165, 1.54) is 0 Å². The maximum absolute atomic E-state index is 8.99. The minimum atomic E-state index is 0.248. The van der Waals surface area contributed by atoms with E-state index in [1.807, 2.05) is 19.1 Å². The Morgan fingerprint density at radius 2 is 1.72 bits per heavy atom. The zero-order valence-corrected chi connectivity index (χ0v) is 15.2. The molecule has 0 aliphatic carbocycles. The van der Waals surface area contributed by atoms with E-state index in [2.05, 4.69) is 14.8 Å². The van der Waals surface area contributed by atoms with E-state index < -0.39 is 0 Å². The fourth-order valence-electron chi connectivity index (χ4n) is 3.27. The van der Waals surface area contributed by atoms with E-state index in [0.29, 0.717) is 11.5 Å². The number of aromatic nitrogens is 2. The van der Waals surface area contributed by atoms with Crippen LogP contribution in [0.3, 0.4) is 0 Å². The number of aliphatic hydroxyl groups excluding tert-OH is 1. The van der Waals surface area contributed by atoms with Crippen LogP contribution in [0.1, 0.15) is 12.2 Å². The fourth-order valence-corrected chi connectivity index (χ4v) is 3.27. The largest absolute Gasteiger partial charge is 0.493 e. The Morgan fingerprint density at radius 1 is 1.04 bits per heavy atom. The first-order valence-corrected chi connectivity index (χ1v) is 8.64. The molecule has 0 radical (unpaired) electrons. The molecule has 7 heteroatoms. The van der Waals surface area contributed by atoms with Gasteiger partial charge in [0, 0.05) is 50.8 Å². The summed E-state index contributed by atoms with van der Waals surface area (Å²) in [6.07, 6.45) is 0.826. The molecule has 2 aromatic rings. The van der Waals surface area contributed by atoms with Crippen LogP contribution in [-0.4, -0.2) is 73.5 Å². The smallest absolute Gasteiger partial charge is 0.162 e. The Balaban J connectivity index is 1.91. The van der Waals surface area contributed by atoms with Crippen molar-refractivity contribution in [1.82, 2.24) is 14.9 Å². The fraction of sp³-hybridized carbons (Fsp3) is 0.556. The monoisotopic (exact) mass is 346 g/mol. The summed E-state index contributed by atoms with van der Waals surface area (Å²) < 4.78 is 10.8. The minimum absolute atomic E-state index is 0.248. The average Bonchev–Trinajstić information content (AvgIpc) is 2.65. The highest BCUT2D eigenvalue weighted by molar-refractivity contribution is 5.92. The molecule has 0 atom stereocenters. The lowest BCUT2D eigenvalue weighted by atomic mass is 10.1. The van der Waals surface area contributed by atoms with Crippen LogP contribution in [0, 0.1) is 6.92 Å². The van der Waals surface area contributed by atoms with Gasteiger partial charge in [-0.15, -0.1) is 0 Å². The number of benzene rings is 1. The topological polar surface area (TPSA) is 71.0 Å². The van der Waals surface area contributed by atoms with E-state index in [1.54, 1.807) is 14.2 Å². The second kappa shape index (κ2) is 7.84. The van der Waals surface area contributed by atoms with Gasteiger partial charge in [-0.25, -0.2) is 9.97 Å². The third-order valence-corrected chi connectivity index (χ3v) is 4.60. The number of rotatable bonds is 6. The Kier molecular flexibility index (Phi) is 5.55. The maximum atomic E-state index is 8.99. The summed E-state index contributed by atoms with van der Waals surface area (Å²) in [7, 11) is 3.27. The first-order valence-electron chi connectivity index (χ1n) is 8.64. The van der Waals surface area contributed by atoms with Crippen molar-refractivity contribution < 1.29 is 14.6 Å². The van der Waals surface area contributed by atoms with Crippen LogP contribution in [0.25, 0.3) is 10.9 Å². The first-order chi connectivity index (χ1) is 12.2. The van der Waals surface area contributed by atoms with Crippen molar-refractivity contribution in [2.75, 3.05) is 58.5 Å².